The Morgan fingerprint density at radius 3 is 2.28 bits per heavy atom. The van der Waals surface area contributed by atoms with Crippen LogP contribution >= 0.6 is 0 Å². The predicted octanol–water partition coefficient (Wildman–Crippen LogP) is 3.87. The van der Waals surface area contributed by atoms with Crippen LogP contribution in [0.3, 0.4) is 0 Å². The molecule has 0 bridgehead atoms. The molecular formula is C23H30FNO4. The largest absolute Gasteiger partial charge is 0.493 e. The van der Waals surface area contributed by atoms with Crippen molar-refractivity contribution >= 4 is 0 Å². The molecule has 29 heavy (non-hydrogen) atoms. The molecule has 3 rings (SSSR count). The molecule has 0 spiro atoms. The van der Waals surface area contributed by atoms with Gasteiger partial charge in [0, 0.05) is 18.9 Å². The van der Waals surface area contributed by atoms with Gasteiger partial charge in [0.1, 0.15) is 5.82 Å². The first-order valence-corrected chi connectivity index (χ1v) is 10.0. The van der Waals surface area contributed by atoms with Crippen molar-refractivity contribution < 1.29 is 23.3 Å². The third kappa shape index (κ3) is 5.92. The van der Waals surface area contributed by atoms with Gasteiger partial charge in [0.05, 0.1) is 27.4 Å². The Labute approximate surface area is 171 Å². The molecule has 1 atom stereocenters. The highest BCUT2D eigenvalue weighted by Crippen LogP contribution is 2.32. The zero-order valence-electron chi connectivity index (χ0n) is 17.2. The van der Waals surface area contributed by atoms with Crippen LogP contribution in [-0.4, -0.2) is 39.3 Å². The topological polar surface area (TPSA) is 62.9 Å². The molecule has 1 unspecified atom stereocenters. The third-order valence-electron chi connectivity index (χ3n) is 5.36. The number of nitrogens with two attached hydrogens (primary N) is 1. The van der Waals surface area contributed by atoms with E-state index in [1.165, 1.54) is 12.1 Å². The van der Waals surface area contributed by atoms with E-state index < -0.39 is 5.79 Å². The number of hydrogen-bond acceptors (Lipinski definition) is 5. The van der Waals surface area contributed by atoms with E-state index in [-0.39, 0.29) is 11.9 Å². The van der Waals surface area contributed by atoms with E-state index in [2.05, 4.69) is 0 Å². The number of ether oxygens (including phenoxy) is 4. The first-order chi connectivity index (χ1) is 14.0. The summed E-state index contributed by atoms with van der Waals surface area (Å²) in [6.45, 7) is 1.18. The van der Waals surface area contributed by atoms with Crippen molar-refractivity contribution in [1.29, 1.82) is 0 Å². The molecule has 1 saturated heterocycles. The molecular weight excluding hydrogens is 373 g/mol. The van der Waals surface area contributed by atoms with E-state index in [4.69, 9.17) is 24.7 Å². The SMILES string of the molecule is COc1ccc(CC(N)CCC2(CCc3ccc(F)cc3)OCCO2)cc1OC. The Balaban J connectivity index is 1.55. The van der Waals surface area contributed by atoms with Gasteiger partial charge in [-0.05, 0) is 54.7 Å². The lowest BCUT2D eigenvalue weighted by molar-refractivity contribution is -0.167. The van der Waals surface area contributed by atoms with Crippen LogP contribution in [0.25, 0.3) is 0 Å². The minimum atomic E-state index is -0.608. The summed E-state index contributed by atoms with van der Waals surface area (Å²) in [6, 6.07) is 12.4. The van der Waals surface area contributed by atoms with Gasteiger partial charge in [-0.15, -0.1) is 0 Å². The Kier molecular flexibility index (Phi) is 7.47. The first-order valence-electron chi connectivity index (χ1n) is 10.0. The van der Waals surface area contributed by atoms with Crippen LogP contribution in [0.5, 0.6) is 11.5 Å². The van der Waals surface area contributed by atoms with E-state index in [1.807, 2.05) is 18.2 Å². The molecule has 1 fully saturated rings. The highest BCUT2D eigenvalue weighted by atomic mass is 19.1. The average Bonchev–Trinajstić information content (AvgIpc) is 3.21. The number of halogens is 1. The fourth-order valence-electron chi connectivity index (χ4n) is 3.71. The van der Waals surface area contributed by atoms with Crippen LogP contribution in [0.4, 0.5) is 4.39 Å². The fraction of sp³-hybridized carbons (Fsp3) is 0.478. The second kappa shape index (κ2) is 10.1. The summed E-state index contributed by atoms with van der Waals surface area (Å²) in [6.07, 6.45) is 3.72. The molecule has 158 valence electrons. The molecule has 2 aromatic rings. The zero-order chi connectivity index (χ0) is 20.7. The number of methoxy groups -OCH3 is 2. The second-order valence-corrected chi connectivity index (χ2v) is 7.43. The number of rotatable bonds is 10. The summed E-state index contributed by atoms with van der Waals surface area (Å²) < 4.78 is 35.7. The van der Waals surface area contributed by atoms with Crippen molar-refractivity contribution in [3.63, 3.8) is 0 Å². The molecule has 0 aliphatic carbocycles. The molecule has 0 saturated carbocycles. The van der Waals surface area contributed by atoms with Gasteiger partial charge < -0.3 is 24.7 Å². The van der Waals surface area contributed by atoms with Crippen LogP contribution in [0.2, 0.25) is 0 Å². The molecule has 6 heteroatoms. The van der Waals surface area contributed by atoms with Crippen LogP contribution in [0.15, 0.2) is 42.5 Å². The molecule has 0 aromatic heterocycles. The standard InChI is InChI=1S/C23H30FNO4/c1-26-21-8-5-18(16-22(21)27-2)15-20(25)10-12-23(28-13-14-29-23)11-9-17-3-6-19(24)7-4-17/h3-8,16,20H,9-15,25H2,1-2H3. The minimum Gasteiger partial charge on any atom is -0.493 e. The lowest BCUT2D eigenvalue weighted by Crippen LogP contribution is -2.34. The Morgan fingerprint density at radius 2 is 1.62 bits per heavy atom. The van der Waals surface area contributed by atoms with E-state index >= 15 is 0 Å². The third-order valence-corrected chi connectivity index (χ3v) is 5.36. The van der Waals surface area contributed by atoms with Gasteiger partial charge in [-0.25, -0.2) is 4.39 Å². The molecule has 1 aliphatic heterocycles. The van der Waals surface area contributed by atoms with Crippen LogP contribution in [0, 0.1) is 5.82 Å². The van der Waals surface area contributed by atoms with E-state index in [0.29, 0.717) is 24.7 Å². The summed E-state index contributed by atoms with van der Waals surface area (Å²) in [7, 11) is 3.25. The molecule has 2 aromatic carbocycles. The summed E-state index contributed by atoms with van der Waals surface area (Å²) >= 11 is 0. The smallest absolute Gasteiger partial charge is 0.168 e. The van der Waals surface area contributed by atoms with Crippen molar-refractivity contribution in [3.05, 3.63) is 59.4 Å². The van der Waals surface area contributed by atoms with Gasteiger partial charge in [0.2, 0.25) is 0 Å². The van der Waals surface area contributed by atoms with E-state index in [1.54, 1.807) is 26.4 Å². The molecule has 0 radical (unpaired) electrons. The molecule has 1 aliphatic rings. The molecule has 1 heterocycles. The van der Waals surface area contributed by atoms with Gasteiger partial charge in [-0.1, -0.05) is 18.2 Å². The van der Waals surface area contributed by atoms with Crippen molar-refractivity contribution in [2.45, 2.75) is 43.9 Å². The van der Waals surface area contributed by atoms with Crippen LogP contribution < -0.4 is 15.2 Å². The van der Waals surface area contributed by atoms with Crippen LogP contribution in [0.1, 0.15) is 30.4 Å². The number of benzene rings is 2. The summed E-state index contributed by atoms with van der Waals surface area (Å²) in [5.41, 5.74) is 8.57. The Morgan fingerprint density at radius 1 is 0.966 bits per heavy atom. The predicted molar refractivity (Wildman–Crippen MR) is 110 cm³/mol. The van der Waals surface area contributed by atoms with Gasteiger partial charge in [-0.2, -0.15) is 0 Å². The fourth-order valence-corrected chi connectivity index (χ4v) is 3.71. The molecule has 5 nitrogen and oxygen atoms in total. The van der Waals surface area contributed by atoms with Crippen molar-refractivity contribution in [2.75, 3.05) is 27.4 Å². The van der Waals surface area contributed by atoms with E-state index in [0.717, 1.165) is 43.2 Å². The highest BCUT2D eigenvalue weighted by molar-refractivity contribution is 5.43. The molecule has 2 N–H and O–H groups in total. The monoisotopic (exact) mass is 403 g/mol. The Bertz CT molecular complexity index is 775. The first kappa shape index (κ1) is 21.6. The summed E-state index contributed by atoms with van der Waals surface area (Å²) in [4.78, 5) is 0. The molecule has 0 amide bonds. The lowest BCUT2D eigenvalue weighted by Gasteiger charge is -2.29. The average molecular weight is 403 g/mol. The van der Waals surface area contributed by atoms with Gasteiger partial charge in [-0.3, -0.25) is 0 Å². The summed E-state index contributed by atoms with van der Waals surface area (Å²) in [5, 5.41) is 0. The summed E-state index contributed by atoms with van der Waals surface area (Å²) in [5.74, 6) is 0.578. The minimum absolute atomic E-state index is 0.0244. The van der Waals surface area contributed by atoms with Crippen molar-refractivity contribution in [3.8, 4) is 11.5 Å². The zero-order valence-corrected chi connectivity index (χ0v) is 17.2. The van der Waals surface area contributed by atoms with Gasteiger partial charge in [0.25, 0.3) is 0 Å². The number of hydrogen-bond donors (Lipinski definition) is 1. The maximum atomic E-state index is 13.1. The number of aryl methyl sites for hydroxylation is 1. The maximum absolute atomic E-state index is 13.1. The maximum Gasteiger partial charge on any atom is 0.168 e. The normalized spacial score (nSPS) is 16.6. The van der Waals surface area contributed by atoms with Crippen molar-refractivity contribution in [1.82, 2.24) is 0 Å². The van der Waals surface area contributed by atoms with Gasteiger partial charge >= 0.3 is 0 Å². The Hall–Kier alpha value is -2.15. The van der Waals surface area contributed by atoms with Crippen LogP contribution in [-0.2, 0) is 22.3 Å². The van der Waals surface area contributed by atoms with E-state index in [9.17, 15) is 4.39 Å². The lowest BCUT2D eigenvalue weighted by atomic mass is 9.95. The van der Waals surface area contributed by atoms with Gasteiger partial charge in [0.15, 0.2) is 17.3 Å². The highest BCUT2D eigenvalue weighted by Gasteiger charge is 2.36. The second-order valence-electron chi connectivity index (χ2n) is 7.43. The quantitative estimate of drug-likeness (QED) is 0.653. The van der Waals surface area contributed by atoms with Crippen molar-refractivity contribution in [2.24, 2.45) is 5.73 Å².